The number of aryl methyl sites for hydroxylation is 1. The fourth-order valence-corrected chi connectivity index (χ4v) is 3.04. The average molecular weight is 283 g/mol. The Labute approximate surface area is 118 Å². The third kappa shape index (κ3) is 3.42. The largest absolute Gasteiger partial charge is 0.334 e. The van der Waals surface area contributed by atoms with Crippen molar-refractivity contribution in [2.24, 2.45) is 10.9 Å². The molecule has 0 radical (unpaired) electrons. The fraction of sp³-hybridized carbons (Fsp3) is 0.500. The number of hydrogen-bond donors (Lipinski definition) is 1. The second kappa shape index (κ2) is 5.98. The predicted molar refractivity (Wildman–Crippen MR) is 82.9 cm³/mol. The molecule has 0 fully saturated rings. The van der Waals surface area contributed by atoms with Gasteiger partial charge in [0.1, 0.15) is 0 Å². The van der Waals surface area contributed by atoms with Crippen molar-refractivity contribution in [3.8, 4) is 0 Å². The summed E-state index contributed by atoms with van der Waals surface area (Å²) < 4.78 is 0. The summed E-state index contributed by atoms with van der Waals surface area (Å²) in [6.07, 6.45) is 1.16. The molecule has 0 bridgehead atoms. The monoisotopic (exact) mass is 282 g/mol. The highest BCUT2D eigenvalue weighted by atomic mass is 35.5. The summed E-state index contributed by atoms with van der Waals surface area (Å²) in [5.74, 6) is 1.72. The van der Waals surface area contributed by atoms with E-state index >= 15 is 0 Å². The van der Waals surface area contributed by atoms with Gasteiger partial charge in [-0.15, -0.1) is 0 Å². The molecule has 2 rings (SSSR count). The van der Waals surface area contributed by atoms with Gasteiger partial charge in [-0.2, -0.15) is 0 Å². The summed E-state index contributed by atoms with van der Waals surface area (Å²) in [6, 6.07) is 6.43. The first-order chi connectivity index (χ1) is 8.56. The first-order valence-corrected chi connectivity index (χ1v) is 7.66. The zero-order chi connectivity index (χ0) is 13.1. The molecule has 1 aliphatic heterocycles. The van der Waals surface area contributed by atoms with E-state index < -0.39 is 0 Å². The van der Waals surface area contributed by atoms with Gasteiger partial charge in [-0.05, 0) is 37.0 Å². The van der Waals surface area contributed by atoms with Crippen LogP contribution in [-0.2, 0) is 0 Å². The second-order valence-corrected chi connectivity index (χ2v) is 6.48. The maximum Gasteiger partial charge on any atom is 0.161 e. The Kier molecular flexibility index (Phi) is 4.57. The Bertz CT molecular complexity index is 457. The van der Waals surface area contributed by atoms with Crippen LogP contribution in [0.5, 0.6) is 0 Å². The van der Waals surface area contributed by atoms with Crippen LogP contribution in [0, 0.1) is 12.8 Å². The number of benzene rings is 1. The van der Waals surface area contributed by atoms with Crippen molar-refractivity contribution in [2.75, 3.05) is 11.1 Å². The van der Waals surface area contributed by atoms with Crippen LogP contribution in [0.3, 0.4) is 0 Å². The number of nitrogens with one attached hydrogen (secondary N) is 1. The number of thioether (sulfide) groups is 1. The zero-order valence-corrected chi connectivity index (χ0v) is 12.6. The minimum atomic E-state index is 0.428. The van der Waals surface area contributed by atoms with Gasteiger partial charge in [0.15, 0.2) is 5.17 Å². The quantitative estimate of drug-likeness (QED) is 0.859. The number of amidine groups is 1. The summed E-state index contributed by atoms with van der Waals surface area (Å²) in [5, 5.41) is 5.09. The molecular weight excluding hydrogens is 264 g/mol. The minimum absolute atomic E-state index is 0.428. The molecule has 1 aromatic carbocycles. The Morgan fingerprint density at radius 1 is 1.44 bits per heavy atom. The van der Waals surface area contributed by atoms with Crippen LogP contribution in [0.25, 0.3) is 0 Å². The molecule has 0 saturated carbocycles. The Morgan fingerprint density at radius 3 is 2.94 bits per heavy atom. The number of aliphatic imine (C=N–C) groups is 1. The van der Waals surface area contributed by atoms with E-state index in [1.165, 1.54) is 5.56 Å². The minimum Gasteiger partial charge on any atom is -0.334 e. The number of hydrogen-bond acceptors (Lipinski definition) is 3. The van der Waals surface area contributed by atoms with Crippen molar-refractivity contribution in [2.45, 2.75) is 33.2 Å². The SMILES string of the molecule is Cc1ccc(Cl)c(NC2=NC(C(C)C)CCS2)c1. The normalized spacial score (nSPS) is 19.8. The Balaban J connectivity index is 2.15. The van der Waals surface area contributed by atoms with Gasteiger partial charge in [-0.25, -0.2) is 0 Å². The van der Waals surface area contributed by atoms with Gasteiger partial charge in [-0.3, -0.25) is 4.99 Å². The molecule has 1 unspecified atom stereocenters. The summed E-state index contributed by atoms with van der Waals surface area (Å²) in [5.41, 5.74) is 2.15. The van der Waals surface area contributed by atoms with Crippen molar-refractivity contribution < 1.29 is 0 Å². The molecule has 4 heteroatoms. The van der Waals surface area contributed by atoms with E-state index in [4.69, 9.17) is 16.6 Å². The third-order valence-electron chi connectivity index (χ3n) is 3.07. The molecule has 1 heterocycles. The smallest absolute Gasteiger partial charge is 0.161 e. The highest BCUT2D eigenvalue weighted by Crippen LogP contribution is 2.27. The number of nitrogens with zero attached hydrogens (tertiary/aromatic N) is 1. The van der Waals surface area contributed by atoms with Crippen molar-refractivity contribution in [1.29, 1.82) is 0 Å². The van der Waals surface area contributed by atoms with Gasteiger partial charge in [0.25, 0.3) is 0 Å². The van der Waals surface area contributed by atoms with E-state index in [1.807, 2.05) is 12.1 Å². The van der Waals surface area contributed by atoms with E-state index in [9.17, 15) is 0 Å². The molecule has 98 valence electrons. The Morgan fingerprint density at radius 2 is 2.22 bits per heavy atom. The summed E-state index contributed by atoms with van der Waals surface area (Å²) in [7, 11) is 0. The van der Waals surface area contributed by atoms with Crippen LogP contribution in [0.1, 0.15) is 25.8 Å². The molecule has 0 aromatic heterocycles. The van der Waals surface area contributed by atoms with Gasteiger partial charge in [-0.1, -0.05) is 43.3 Å². The molecule has 0 spiro atoms. The lowest BCUT2D eigenvalue weighted by Crippen LogP contribution is -2.24. The first kappa shape index (κ1) is 13.8. The summed E-state index contributed by atoms with van der Waals surface area (Å²) >= 11 is 7.96. The predicted octanol–water partition coefficient (Wildman–Crippen LogP) is 4.58. The lowest BCUT2D eigenvalue weighted by Gasteiger charge is -2.23. The highest BCUT2D eigenvalue weighted by molar-refractivity contribution is 8.14. The molecule has 1 atom stereocenters. The fourth-order valence-electron chi connectivity index (χ4n) is 1.93. The topological polar surface area (TPSA) is 24.4 Å². The number of anilines is 1. The van der Waals surface area contributed by atoms with E-state index in [0.717, 1.165) is 28.1 Å². The van der Waals surface area contributed by atoms with E-state index in [-0.39, 0.29) is 0 Å². The van der Waals surface area contributed by atoms with Crippen LogP contribution < -0.4 is 5.32 Å². The summed E-state index contributed by atoms with van der Waals surface area (Å²) in [4.78, 5) is 4.76. The Hall–Kier alpha value is -0.670. The van der Waals surface area contributed by atoms with Crippen molar-refractivity contribution in [3.05, 3.63) is 28.8 Å². The molecule has 1 aromatic rings. The maximum atomic E-state index is 6.19. The van der Waals surface area contributed by atoms with E-state index in [2.05, 4.69) is 32.2 Å². The molecular formula is C14H19ClN2S. The lowest BCUT2D eigenvalue weighted by molar-refractivity contribution is 0.485. The molecule has 2 nitrogen and oxygen atoms in total. The van der Waals surface area contributed by atoms with Crippen molar-refractivity contribution >= 4 is 34.2 Å². The van der Waals surface area contributed by atoms with Crippen LogP contribution in [0.4, 0.5) is 5.69 Å². The van der Waals surface area contributed by atoms with Crippen LogP contribution in [0.15, 0.2) is 23.2 Å². The molecule has 0 amide bonds. The summed E-state index contributed by atoms with van der Waals surface area (Å²) in [6.45, 7) is 6.51. The highest BCUT2D eigenvalue weighted by Gasteiger charge is 2.19. The van der Waals surface area contributed by atoms with Gasteiger partial charge >= 0.3 is 0 Å². The molecule has 0 aliphatic carbocycles. The van der Waals surface area contributed by atoms with Crippen molar-refractivity contribution in [1.82, 2.24) is 0 Å². The third-order valence-corrected chi connectivity index (χ3v) is 4.32. The van der Waals surface area contributed by atoms with Gasteiger partial charge in [0.05, 0.1) is 16.8 Å². The maximum absolute atomic E-state index is 6.19. The van der Waals surface area contributed by atoms with Gasteiger partial charge in [0, 0.05) is 5.75 Å². The molecule has 1 aliphatic rings. The molecule has 1 N–H and O–H groups in total. The standard InChI is InChI=1S/C14H19ClN2S/c1-9(2)12-6-7-18-14(16-12)17-13-8-10(3)4-5-11(13)15/h4-5,8-9,12H,6-7H2,1-3H3,(H,16,17). The van der Waals surface area contributed by atoms with Gasteiger partial charge < -0.3 is 5.32 Å². The number of rotatable bonds is 2. The van der Waals surface area contributed by atoms with Crippen LogP contribution >= 0.6 is 23.4 Å². The molecule has 18 heavy (non-hydrogen) atoms. The van der Waals surface area contributed by atoms with Crippen LogP contribution in [-0.4, -0.2) is 17.0 Å². The average Bonchev–Trinajstić information content (AvgIpc) is 2.34. The first-order valence-electron chi connectivity index (χ1n) is 6.30. The van der Waals surface area contributed by atoms with Crippen molar-refractivity contribution in [3.63, 3.8) is 0 Å². The van der Waals surface area contributed by atoms with E-state index in [1.54, 1.807) is 11.8 Å². The lowest BCUT2D eigenvalue weighted by atomic mass is 10.0. The second-order valence-electron chi connectivity index (χ2n) is 4.99. The van der Waals surface area contributed by atoms with Gasteiger partial charge in [0.2, 0.25) is 0 Å². The zero-order valence-electron chi connectivity index (χ0n) is 11.0. The van der Waals surface area contributed by atoms with Crippen LogP contribution in [0.2, 0.25) is 5.02 Å². The van der Waals surface area contributed by atoms with E-state index in [0.29, 0.717) is 12.0 Å². The molecule has 0 saturated heterocycles. The number of halogens is 1.